The Balaban J connectivity index is 1.75. The summed E-state index contributed by atoms with van der Waals surface area (Å²) >= 11 is 0. The van der Waals surface area contributed by atoms with Crippen molar-refractivity contribution in [2.24, 2.45) is 10.7 Å². The van der Waals surface area contributed by atoms with Crippen molar-refractivity contribution in [2.75, 3.05) is 11.9 Å². The number of rotatable bonds is 3. The highest BCUT2D eigenvalue weighted by Crippen LogP contribution is 2.50. The first-order valence-corrected chi connectivity index (χ1v) is 13.0. The molecule has 0 bridgehead atoms. The molecule has 0 unspecified atom stereocenters. The Morgan fingerprint density at radius 3 is 2.61 bits per heavy atom. The molecule has 2 atom stereocenters. The van der Waals surface area contributed by atoms with Gasteiger partial charge < -0.3 is 11.1 Å². The number of aliphatic imine (C=N–C) groups is 1. The van der Waals surface area contributed by atoms with Crippen LogP contribution in [-0.2, 0) is 15.7 Å². The third-order valence-corrected chi connectivity index (χ3v) is 10.9. The third kappa shape index (κ3) is 4.16. The first kappa shape index (κ1) is 25.8. The second kappa shape index (κ2) is 8.67. The van der Waals surface area contributed by atoms with Gasteiger partial charge in [-0.2, -0.15) is 0 Å². The van der Waals surface area contributed by atoms with Crippen molar-refractivity contribution in [2.45, 2.75) is 55.6 Å². The van der Waals surface area contributed by atoms with Crippen LogP contribution in [-0.4, -0.2) is 48.4 Å². The number of nitrogens with zero attached hydrogens (tertiary/aromatic N) is 3. The van der Waals surface area contributed by atoms with Gasteiger partial charge in [0.2, 0.25) is 0 Å². The number of anilines is 1. The van der Waals surface area contributed by atoms with Crippen molar-refractivity contribution < 1.29 is 22.2 Å². The molecule has 4 rings (SSSR count). The largest absolute Gasteiger partial charge is 0.386 e. The van der Waals surface area contributed by atoms with Crippen molar-refractivity contribution in [1.82, 2.24) is 14.7 Å². The molecule has 2 aliphatic heterocycles. The molecule has 1 saturated heterocycles. The third-order valence-electron chi connectivity index (χ3n) is 6.79. The van der Waals surface area contributed by atoms with E-state index in [2.05, 4.69) is 36.8 Å². The maximum atomic E-state index is 15.2. The van der Waals surface area contributed by atoms with E-state index in [1.807, 2.05) is 0 Å². The van der Waals surface area contributed by atoms with Crippen molar-refractivity contribution in [1.29, 1.82) is 0 Å². The van der Waals surface area contributed by atoms with E-state index in [0.29, 0.717) is 5.56 Å². The van der Waals surface area contributed by atoms with Crippen molar-refractivity contribution in [3.63, 3.8) is 0 Å². The van der Waals surface area contributed by atoms with Gasteiger partial charge in [-0.15, -0.1) is 5.92 Å². The molecule has 0 saturated carbocycles. The van der Waals surface area contributed by atoms with Crippen LogP contribution >= 0.6 is 0 Å². The molecule has 2 aliphatic rings. The average molecular weight is 521 g/mol. The summed E-state index contributed by atoms with van der Waals surface area (Å²) in [5.74, 6) is 0.762. The smallest absolute Gasteiger partial charge is 0.275 e. The summed E-state index contributed by atoms with van der Waals surface area (Å²) in [4.78, 5) is 25.4. The molecule has 0 spiro atoms. The lowest BCUT2D eigenvalue weighted by atomic mass is 9.88. The van der Waals surface area contributed by atoms with Gasteiger partial charge in [0.15, 0.2) is 0 Å². The summed E-state index contributed by atoms with van der Waals surface area (Å²) in [5, 5.41) is 1.24. The lowest BCUT2D eigenvalue weighted by Crippen LogP contribution is -2.72. The number of amides is 1. The van der Waals surface area contributed by atoms with Crippen LogP contribution in [0.3, 0.4) is 0 Å². The van der Waals surface area contributed by atoms with Crippen molar-refractivity contribution in [3.8, 4) is 11.8 Å². The number of nitrogens with two attached hydrogens (primary N) is 1. The quantitative estimate of drug-likeness (QED) is 0.366. The molecular formula is C24H27F3N6O2S. The number of aromatic nitrogens is 2. The van der Waals surface area contributed by atoms with E-state index < -0.39 is 56.3 Å². The molecule has 0 aromatic carbocycles. The van der Waals surface area contributed by atoms with E-state index in [1.54, 1.807) is 26.8 Å². The second-order valence-corrected chi connectivity index (χ2v) is 12.9. The minimum Gasteiger partial charge on any atom is -0.386 e. The molecule has 1 fully saturated rings. The molecule has 4 heterocycles. The highest BCUT2D eigenvalue weighted by Gasteiger charge is 2.62. The van der Waals surface area contributed by atoms with E-state index in [4.69, 9.17) is 5.73 Å². The number of thiol groups is 1. The van der Waals surface area contributed by atoms with Crippen LogP contribution in [0.1, 0.15) is 55.9 Å². The van der Waals surface area contributed by atoms with Gasteiger partial charge in [-0.3, -0.25) is 18.7 Å². The zero-order valence-electron chi connectivity index (χ0n) is 20.2. The normalized spacial score (nSPS) is 26.4. The van der Waals surface area contributed by atoms with Crippen molar-refractivity contribution in [3.05, 3.63) is 53.2 Å². The van der Waals surface area contributed by atoms with Gasteiger partial charge in [-0.25, -0.2) is 23.1 Å². The molecule has 36 heavy (non-hydrogen) atoms. The predicted molar refractivity (Wildman–Crippen MR) is 133 cm³/mol. The van der Waals surface area contributed by atoms with Crippen molar-refractivity contribution >= 4 is 27.7 Å². The summed E-state index contributed by atoms with van der Waals surface area (Å²) in [6, 6.07) is 5.37. The number of pyridine rings is 2. The molecule has 2 aromatic heterocycles. The highest BCUT2D eigenvalue weighted by atomic mass is 32.3. The van der Waals surface area contributed by atoms with Crippen LogP contribution in [0.4, 0.5) is 19.0 Å². The van der Waals surface area contributed by atoms with Gasteiger partial charge in [0.25, 0.3) is 11.8 Å². The Kier molecular flexibility index (Phi) is 6.21. The van der Waals surface area contributed by atoms with E-state index in [9.17, 15) is 17.8 Å². The number of nitrogens with one attached hydrogen (secondary N) is 2. The van der Waals surface area contributed by atoms with E-state index >= 15 is 4.39 Å². The second-order valence-electron chi connectivity index (χ2n) is 9.56. The molecule has 192 valence electrons. The standard InChI is InChI=1S/C24H27F3N6O2S/c1-5-6-14-7-9-16(29-12-14)20(34)32-18-10-8-15(25)19(31-18)23(4)17-11-24(26,27)13-30-36(17,35)22(2,3)21(28)33-23/h7-10,12,17,36H,11,13H2,1-4H3,(H2,28,33)(H,30,35)(H,31,32,34)/t17-,23+/m1/s1. The SMILES string of the molecule is CC#Cc1ccc(C(=O)Nc2ccc(F)c([C@@]3(C)N=C(N)C(C)(C)[SH]4(=O)NCC(F)(F)C[C@H]34)n2)nc1. The summed E-state index contributed by atoms with van der Waals surface area (Å²) in [7, 11) is -3.67. The number of carbonyl (C=O) groups is 1. The summed E-state index contributed by atoms with van der Waals surface area (Å²) < 4.78 is 59.7. The molecular weight excluding hydrogens is 493 g/mol. The zero-order chi connectivity index (χ0) is 26.5. The molecule has 4 N–H and O–H groups in total. The maximum Gasteiger partial charge on any atom is 0.275 e. The Labute approximate surface area is 207 Å². The molecule has 8 nitrogen and oxygen atoms in total. The van der Waals surface area contributed by atoms with Gasteiger partial charge >= 0.3 is 0 Å². The average Bonchev–Trinajstić information content (AvgIpc) is 2.81. The van der Waals surface area contributed by atoms with E-state index in [0.717, 1.165) is 6.07 Å². The topological polar surface area (TPSA) is 122 Å². The van der Waals surface area contributed by atoms with Gasteiger partial charge in [0.05, 0.1) is 16.5 Å². The van der Waals surface area contributed by atoms with Gasteiger partial charge in [-0.05, 0) is 62.1 Å². The Morgan fingerprint density at radius 1 is 1.25 bits per heavy atom. The Morgan fingerprint density at radius 2 is 1.97 bits per heavy atom. The fraction of sp³-hybridized carbons (Fsp3) is 0.417. The first-order chi connectivity index (χ1) is 16.7. The molecule has 1 amide bonds. The number of alkyl halides is 2. The summed E-state index contributed by atoms with van der Waals surface area (Å²) in [5.41, 5.74) is 4.75. The maximum absolute atomic E-state index is 15.2. The number of amidine groups is 1. The number of hydrogen-bond acceptors (Lipinski definition) is 6. The van der Waals surface area contributed by atoms with E-state index in [-0.39, 0.29) is 23.0 Å². The number of hydrogen-bond donors (Lipinski definition) is 4. The van der Waals surface area contributed by atoms with Crippen LogP contribution in [0.25, 0.3) is 0 Å². The number of halogens is 3. The lowest BCUT2D eigenvalue weighted by molar-refractivity contribution is -0.0139. The number of fused-ring (bicyclic) bond motifs is 1. The minimum atomic E-state index is -3.67. The van der Waals surface area contributed by atoms with Crippen LogP contribution < -0.4 is 15.8 Å². The fourth-order valence-corrected chi connectivity index (χ4v) is 8.27. The molecule has 12 heteroatoms. The zero-order valence-corrected chi connectivity index (χ0v) is 21.1. The predicted octanol–water partition coefficient (Wildman–Crippen LogP) is 2.53. The molecule has 0 radical (unpaired) electrons. The minimum absolute atomic E-state index is 0.0548. The summed E-state index contributed by atoms with van der Waals surface area (Å²) in [6.07, 6.45) is 0.646. The van der Waals surface area contributed by atoms with Crippen LogP contribution in [0.15, 0.2) is 35.5 Å². The lowest BCUT2D eigenvalue weighted by Gasteiger charge is -2.56. The van der Waals surface area contributed by atoms with Gasteiger partial charge in [-0.1, -0.05) is 5.92 Å². The van der Waals surface area contributed by atoms with E-state index in [1.165, 1.54) is 25.3 Å². The van der Waals surface area contributed by atoms with Crippen LogP contribution in [0.5, 0.6) is 0 Å². The first-order valence-electron chi connectivity index (χ1n) is 11.2. The monoisotopic (exact) mass is 520 g/mol. The highest BCUT2D eigenvalue weighted by molar-refractivity contribution is 8.04. The Bertz CT molecular complexity index is 1370. The molecule has 2 aromatic rings. The fourth-order valence-electron chi connectivity index (χ4n) is 4.60. The summed E-state index contributed by atoms with van der Waals surface area (Å²) in [6.45, 7) is 5.42. The van der Waals surface area contributed by atoms with Crippen LogP contribution in [0.2, 0.25) is 0 Å². The Hall–Kier alpha value is -3.30. The van der Waals surface area contributed by atoms with Gasteiger partial charge in [0, 0.05) is 18.2 Å². The molecule has 0 aliphatic carbocycles. The number of carbonyl (C=O) groups excluding carboxylic acids is 1. The van der Waals surface area contributed by atoms with Gasteiger partial charge in [0.1, 0.15) is 34.4 Å². The van der Waals surface area contributed by atoms with Crippen LogP contribution in [0, 0.1) is 17.7 Å².